The summed E-state index contributed by atoms with van der Waals surface area (Å²) < 4.78 is 1.69. The second-order valence-corrected chi connectivity index (χ2v) is 3.94. The average molecular weight is 223 g/mol. The molecule has 0 aliphatic rings. The Kier molecular flexibility index (Phi) is 2.68. The van der Waals surface area contributed by atoms with Gasteiger partial charge >= 0.3 is 0 Å². The summed E-state index contributed by atoms with van der Waals surface area (Å²) in [6.45, 7) is 4.19. The first-order valence-electron chi connectivity index (χ1n) is 4.72. The van der Waals surface area contributed by atoms with Crippen molar-refractivity contribution in [1.29, 1.82) is 0 Å². The van der Waals surface area contributed by atoms with E-state index in [0.717, 1.165) is 5.69 Å². The molecule has 4 nitrogen and oxygen atoms in total. The van der Waals surface area contributed by atoms with Crippen LogP contribution in [0.25, 0.3) is 5.82 Å². The lowest BCUT2D eigenvalue weighted by atomic mass is 10.1. The van der Waals surface area contributed by atoms with Crippen LogP contribution in [-0.4, -0.2) is 20.0 Å². The molecule has 0 amide bonds. The molecule has 0 spiro atoms. The molecule has 0 radical (unpaired) electrons. The fourth-order valence-electron chi connectivity index (χ4n) is 1.20. The molecule has 0 N–H and O–H groups in total. The van der Waals surface area contributed by atoms with Crippen LogP contribution in [0.4, 0.5) is 0 Å². The Balaban J connectivity index is 2.33. The molecule has 2 aromatic heterocycles. The van der Waals surface area contributed by atoms with Crippen LogP contribution in [0, 0.1) is 0 Å². The fraction of sp³-hybridized carbons (Fsp3) is 0.300. The van der Waals surface area contributed by atoms with Gasteiger partial charge in [0, 0.05) is 6.20 Å². The van der Waals surface area contributed by atoms with Crippen molar-refractivity contribution in [2.75, 3.05) is 0 Å². The van der Waals surface area contributed by atoms with Gasteiger partial charge in [0.05, 0.1) is 5.69 Å². The van der Waals surface area contributed by atoms with Gasteiger partial charge in [0.25, 0.3) is 0 Å². The number of aromatic nitrogens is 4. The molecule has 5 heteroatoms. The van der Waals surface area contributed by atoms with Crippen molar-refractivity contribution in [1.82, 2.24) is 20.0 Å². The topological polar surface area (TPSA) is 43.6 Å². The van der Waals surface area contributed by atoms with Crippen LogP contribution in [0.15, 0.2) is 24.4 Å². The molecule has 0 unspecified atom stereocenters. The van der Waals surface area contributed by atoms with E-state index in [-0.39, 0.29) is 0 Å². The molecule has 0 aliphatic carbocycles. The van der Waals surface area contributed by atoms with E-state index in [4.69, 9.17) is 11.6 Å². The molecule has 0 bridgehead atoms. The normalized spacial score (nSPS) is 10.9. The minimum Gasteiger partial charge on any atom is -0.221 e. The zero-order valence-electron chi connectivity index (χ0n) is 8.55. The molecule has 0 aromatic carbocycles. The summed E-state index contributed by atoms with van der Waals surface area (Å²) >= 11 is 5.65. The van der Waals surface area contributed by atoms with Gasteiger partial charge in [0.2, 0.25) is 0 Å². The average Bonchev–Trinajstić information content (AvgIpc) is 2.68. The monoisotopic (exact) mass is 222 g/mol. The quantitative estimate of drug-likeness (QED) is 0.784. The van der Waals surface area contributed by atoms with Gasteiger partial charge in [-0.05, 0) is 24.1 Å². The van der Waals surface area contributed by atoms with Gasteiger partial charge in [0.15, 0.2) is 11.0 Å². The minimum atomic E-state index is 0.384. The lowest BCUT2D eigenvalue weighted by molar-refractivity contribution is 0.747. The van der Waals surface area contributed by atoms with Crippen LogP contribution in [-0.2, 0) is 0 Å². The van der Waals surface area contributed by atoms with Crippen molar-refractivity contribution < 1.29 is 0 Å². The van der Waals surface area contributed by atoms with E-state index in [1.165, 1.54) is 0 Å². The Morgan fingerprint density at radius 1 is 1.20 bits per heavy atom. The van der Waals surface area contributed by atoms with Crippen LogP contribution < -0.4 is 0 Å². The lowest BCUT2D eigenvalue weighted by Gasteiger charge is -2.00. The molecule has 0 atom stereocenters. The lowest BCUT2D eigenvalue weighted by Crippen LogP contribution is -2.00. The first kappa shape index (κ1) is 10.1. The van der Waals surface area contributed by atoms with E-state index < -0.39 is 0 Å². The fourth-order valence-corrected chi connectivity index (χ4v) is 1.31. The van der Waals surface area contributed by atoms with Crippen molar-refractivity contribution >= 4 is 11.6 Å². The maximum Gasteiger partial charge on any atom is 0.175 e. The number of halogens is 1. The highest BCUT2D eigenvalue weighted by atomic mass is 35.5. The maximum atomic E-state index is 5.65. The summed E-state index contributed by atoms with van der Waals surface area (Å²) in [4.78, 5) is 0. The molecule has 2 heterocycles. The van der Waals surface area contributed by atoms with E-state index in [1.807, 2.05) is 12.3 Å². The molecule has 0 fully saturated rings. The second kappa shape index (κ2) is 3.98. The molecule has 15 heavy (non-hydrogen) atoms. The Morgan fingerprint density at radius 2 is 2.00 bits per heavy atom. The van der Waals surface area contributed by atoms with Crippen LogP contribution in [0.2, 0.25) is 5.15 Å². The van der Waals surface area contributed by atoms with Crippen molar-refractivity contribution in [3.05, 3.63) is 35.2 Å². The van der Waals surface area contributed by atoms with Crippen molar-refractivity contribution in [2.45, 2.75) is 19.8 Å². The number of nitrogens with zero attached hydrogens (tertiary/aromatic N) is 4. The highest BCUT2D eigenvalue weighted by Gasteiger charge is 2.05. The third-order valence-corrected chi connectivity index (χ3v) is 2.26. The Hall–Kier alpha value is -1.42. The van der Waals surface area contributed by atoms with Crippen molar-refractivity contribution in [2.24, 2.45) is 0 Å². The van der Waals surface area contributed by atoms with Crippen LogP contribution in [0.3, 0.4) is 0 Å². The summed E-state index contributed by atoms with van der Waals surface area (Å²) in [6.07, 6.45) is 1.87. The standard InChI is InChI=1S/C10H11ClN4/c1-7(2)8-5-6-15(14-8)10-4-3-9(11)12-13-10/h3-7H,1-2H3. The Bertz CT molecular complexity index is 447. The molecule has 2 rings (SSSR count). The molecular formula is C10H11ClN4. The van der Waals surface area contributed by atoms with E-state index in [2.05, 4.69) is 29.1 Å². The molecular weight excluding hydrogens is 212 g/mol. The van der Waals surface area contributed by atoms with E-state index in [1.54, 1.807) is 16.8 Å². The summed E-state index contributed by atoms with van der Waals surface area (Å²) in [7, 11) is 0. The van der Waals surface area contributed by atoms with E-state index in [0.29, 0.717) is 16.9 Å². The predicted octanol–water partition coefficient (Wildman–Crippen LogP) is 2.44. The summed E-state index contributed by atoms with van der Waals surface area (Å²) in [5, 5.41) is 12.5. The molecule has 0 saturated carbocycles. The largest absolute Gasteiger partial charge is 0.221 e. The van der Waals surface area contributed by atoms with Gasteiger partial charge in [-0.15, -0.1) is 10.2 Å². The predicted molar refractivity (Wildman–Crippen MR) is 58.3 cm³/mol. The smallest absolute Gasteiger partial charge is 0.175 e. The van der Waals surface area contributed by atoms with Gasteiger partial charge in [0.1, 0.15) is 0 Å². The molecule has 2 aromatic rings. The van der Waals surface area contributed by atoms with Gasteiger partial charge in [-0.25, -0.2) is 4.68 Å². The van der Waals surface area contributed by atoms with Crippen LogP contribution >= 0.6 is 11.6 Å². The van der Waals surface area contributed by atoms with Gasteiger partial charge in [-0.1, -0.05) is 25.4 Å². The van der Waals surface area contributed by atoms with Gasteiger partial charge < -0.3 is 0 Å². The SMILES string of the molecule is CC(C)c1ccn(-c2ccc(Cl)nn2)n1. The van der Waals surface area contributed by atoms with Gasteiger partial charge in [-0.2, -0.15) is 5.10 Å². The third-order valence-electron chi connectivity index (χ3n) is 2.05. The zero-order valence-corrected chi connectivity index (χ0v) is 9.31. The Labute approximate surface area is 92.9 Å². The molecule has 0 aliphatic heterocycles. The zero-order chi connectivity index (χ0) is 10.8. The third kappa shape index (κ3) is 2.15. The van der Waals surface area contributed by atoms with Crippen LogP contribution in [0.1, 0.15) is 25.5 Å². The molecule has 78 valence electrons. The maximum absolute atomic E-state index is 5.65. The van der Waals surface area contributed by atoms with Crippen molar-refractivity contribution in [3.63, 3.8) is 0 Å². The van der Waals surface area contributed by atoms with E-state index >= 15 is 0 Å². The number of hydrogen-bond acceptors (Lipinski definition) is 3. The summed E-state index contributed by atoms with van der Waals surface area (Å²) in [6, 6.07) is 5.45. The highest BCUT2D eigenvalue weighted by molar-refractivity contribution is 6.29. The minimum absolute atomic E-state index is 0.384. The van der Waals surface area contributed by atoms with Crippen molar-refractivity contribution in [3.8, 4) is 5.82 Å². The summed E-state index contributed by atoms with van der Waals surface area (Å²) in [5.41, 5.74) is 1.03. The first-order valence-corrected chi connectivity index (χ1v) is 5.10. The number of hydrogen-bond donors (Lipinski definition) is 0. The van der Waals surface area contributed by atoms with E-state index in [9.17, 15) is 0 Å². The summed E-state index contributed by atoms with van der Waals surface area (Å²) in [5.74, 6) is 1.08. The van der Waals surface area contributed by atoms with Gasteiger partial charge in [-0.3, -0.25) is 0 Å². The second-order valence-electron chi connectivity index (χ2n) is 3.55. The first-order chi connectivity index (χ1) is 7.16. The highest BCUT2D eigenvalue weighted by Crippen LogP contribution is 2.13. The van der Waals surface area contributed by atoms with Crippen LogP contribution in [0.5, 0.6) is 0 Å². The Morgan fingerprint density at radius 3 is 2.53 bits per heavy atom. The molecule has 0 saturated heterocycles. The number of rotatable bonds is 2.